The first-order chi connectivity index (χ1) is 11.6. The van der Waals surface area contributed by atoms with Gasteiger partial charge in [-0.3, -0.25) is 0 Å². The quantitative estimate of drug-likeness (QED) is 0.775. The van der Waals surface area contributed by atoms with Crippen molar-refractivity contribution in [1.29, 1.82) is 0 Å². The Balaban J connectivity index is 1.44. The average molecular weight is 341 g/mol. The third-order valence-electron chi connectivity index (χ3n) is 4.47. The number of imidazole rings is 1. The predicted octanol–water partition coefficient (Wildman–Crippen LogP) is 2.34. The molecule has 2 aromatic heterocycles. The van der Waals surface area contributed by atoms with E-state index in [1.165, 1.54) is 11.1 Å². The smallest absolute Gasteiger partial charge is 0.240 e. The zero-order chi connectivity index (χ0) is 16.6. The normalized spacial score (nSPS) is 14.2. The molecular weight excluding hydrogens is 322 g/mol. The van der Waals surface area contributed by atoms with Crippen LogP contribution in [0.1, 0.15) is 23.2 Å². The number of sulfonamides is 1. The highest BCUT2D eigenvalue weighted by Crippen LogP contribution is 2.24. The van der Waals surface area contributed by atoms with Gasteiger partial charge in [0.15, 0.2) is 0 Å². The molecule has 1 aliphatic carbocycles. The molecule has 0 saturated heterocycles. The number of nitrogens with zero attached hydrogens (tertiary/aromatic N) is 2. The van der Waals surface area contributed by atoms with Crippen molar-refractivity contribution < 1.29 is 8.42 Å². The first kappa shape index (κ1) is 15.4. The Bertz CT molecular complexity index is 959. The van der Waals surface area contributed by atoms with Crippen molar-refractivity contribution in [2.24, 2.45) is 0 Å². The molecule has 24 heavy (non-hydrogen) atoms. The summed E-state index contributed by atoms with van der Waals surface area (Å²) in [5.41, 5.74) is 4.18. The Labute approximate surface area is 141 Å². The van der Waals surface area contributed by atoms with Gasteiger partial charge in [0.1, 0.15) is 5.65 Å². The largest absolute Gasteiger partial charge is 0.307 e. The van der Waals surface area contributed by atoms with Gasteiger partial charge < -0.3 is 4.40 Å². The molecule has 0 atom stereocenters. The number of nitrogens with one attached hydrogen (secondary N) is 1. The Kier molecular flexibility index (Phi) is 3.86. The van der Waals surface area contributed by atoms with Crippen LogP contribution in [0.2, 0.25) is 0 Å². The highest BCUT2D eigenvalue weighted by atomic mass is 32.2. The average Bonchev–Trinajstić information content (AvgIpc) is 3.19. The number of aromatic nitrogens is 2. The maximum atomic E-state index is 12.5. The number of hydrogen-bond donors (Lipinski definition) is 1. The fourth-order valence-corrected chi connectivity index (χ4v) is 4.30. The van der Waals surface area contributed by atoms with Crippen molar-refractivity contribution in [1.82, 2.24) is 14.1 Å². The lowest BCUT2D eigenvalue weighted by molar-refractivity contribution is 0.581. The molecule has 0 radical (unpaired) electrons. The van der Waals surface area contributed by atoms with Gasteiger partial charge in [-0.15, -0.1) is 0 Å². The Morgan fingerprint density at radius 1 is 1.12 bits per heavy atom. The minimum atomic E-state index is -3.47. The Morgan fingerprint density at radius 3 is 2.88 bits per heavy atom. The SMILES string of the molecule is O=S(=O)(NCCc1cn2ccccc2n1)c1ccc2c(c1)CCC2. The molecule has 1 aliphatic rings. The minimum Gasteiger partial charge on any atom is -0.307 e. The van der Waals surface area contributed by atoms with E-state index in [4.69, 9.17) is 0 Å². The van der Waals surface area contributed by atoms with Gasteiger partial charge in [-0.1, -0.05) is 12.1 Å². The zero-order valence-corrected chi connectivity index (χ0v) is 14.1. The summed E-state index contributed by atoms with van der Waals surface area (Å²) in [5, 5.41) is 0. The van der Waals surface area contributed by atoms with E-state index in [0.29, 0.717) is 17.9 Å². The van der Waals surface area contributed by atoms with E-state index < -0.39 is 10.0 Å². The van der Waals surface area contributed by atoms with Crippen molar-refractivity contribution in [3.8, 4) is 0 Å². The summed E-state index contributed by atoms with van der Waals surface area (Å²) in [6.07, 6.45) is 7.56. The van der Waals surface area contributed by atoms with Crippen LogP contribution in [0.4, 0.5) is 0 Å². The summed E-state index contributed by atoms with van der Waals surface area (Å²) in [6, 6.07) is 11.3. The van der Waals surface area contributed by atoms with Crippen molar-refractivity contribution in [2.45, 2.75) is 30.6 Å². The van der Waals surface area contributed by atoms with Crippen molar-refractivity contribution in [3.63, 3.8) is 0 Å². The monoisotopic (exact) mass is 341 g/mol. The third kappa shape index (κ3) is 2.95. The molecule has 0 bridgehead atoms. The summed E-state index contributed by atoms with van der Waals surface area (Å²) in [7, 11) is -3.47. The van der Waals surface area contributed by atoms with E-state index in [-0.39, 0.29) is 0 Å². The molecule has 2 heterocycles. The second kappa shape index (κ2) is 6.03. The molecule has 0 unspecified atom stereocenters. The summed E-state index contributed by atoms with van der Waals surface area (Å²) in [4.78, 5) is 4.84. The minimum absolute atomic E-state index is 0.337. The van der Waals surface area contributed by atoms with Gasteiger partial charge in [0.25, 0.3) is 0 Å². The van der Waals surface area contributed by atoms with Gasteiger partial charge >= 0.3 is 0 Å². The summed E-state index contributed by atoms with van der Waals surface area (Å²) < 4.78 is 29.5. The molecule has 5 nitrogen and oxygen atoms in total. The molecule has 6 heteroatoms. The van der Waals surface area contributed by atoms with Crippen LogP contribution in [0.15, 0.2) is 53.7 Å². The van der Waals surface area contributed by atoms with Crippen molar-refractivity contribution in [2.75, 3.05) is 6.54 Å². The molecule has 0 aliphatic heterocycles. The van der Waals surface area contributed by atoms with E-state index in [0.717, 1.165) is 30.6 Å². The Morgan fingerprint density at radius 2 is 2.00 bits per heavy atom. The molecule has 0 fully saturated rings. The topological polar surface area (TPSA) is 63.5 Å². The van der Waals surface area contributed by atoms with Crippen molar-refractivity contribution >= 4 is 15.7 Å². The molecule has 0 saturated carbocycles. The maximum Gasteiger partial charge on any atom is 0.240 e. The van der Waals surface area contributed by atoms with Crippen LogP contribution in [0.25, 0.3) is 5.65 Å². The van der Waals surface area contributed by atoms with E-state index in [1.807, 2.05) is 47.1 Å². The summed E-state index contributed by atoms with van der Waals surface area (Å²) in [5.74, 6) is 0. The molecule has 4 rings (SSSR count). The fourth-order valence-electron chi connectivity index (χ4n) is 3.22. The van der Waals surface area contributed by atoms with Crippen LogP contribution in [0, 0.1) is 0 Å². The highest BCUT2D eigenvalue weighted by molar-refractivity contribution is 7.89. The fraction of sp³-hybridized carbons (Fsp3) is 0.278. The van der Waals surface area contributed by atoms with Crippen LogP contribution in [0.3, 0.4) is 0 Å². The molecule has 1 aromatic carbocycles. The molecule has 0 amide bonds. The third-order valence-corrected chi connectivity index (χ3v) is 5.93. The van der Waals surface area contributed by atoms with Gasteiger partial charge in [-0.25, -0.2) is 18.1 Å². The lowest BCUT2D eigenvalue weighted by atomic mass is 10.1. The first-order valence-corrected chi connectivity index (χ1v) is 9.64. The van der Waals surface area contributed by atoms with Gasteiger partial charge in [-0.2, -0.15) is 0 Å². The molecular formula is C18H19N3O2S. The van der Waals surface area contributed by atoms with E-state index in [1.54, 1.807) is 6.07 Å². The number of hydrogen-bond acceptors (Lipinski definition) is 3. The molecule has 3 aromatic rings. The van der Waals surface area contributed by atoms with E-state index in [9.17, 15) is 8.42 Å². The second-order valence-electron chi connectivity index (χ2n) is 6.13. The van der Waals surface area contributed by atoms with Crippen LogP contribution in [-0.2, 0) is 29.3 Å². The molecule has 124 valence electrons. The van der Waals surface area contributed by atoms with E-state index in [2.05, 4.69) is 9.71 Å². The molecule has 0 spiro atoms. The lowest BCUT2D eigenvalue weighted by Crippen LogP contribution is -2.26. The summed E-state index contributed by atoms with van der Waals surface area (Å²) >= 11 is 0. The first-order valence-electron chi connectivity index (χ1n) is 8.16. The lowest BCUT2D eigenvalue weighted by Gasteiger charge is -2.08. The number of fused-ring (bicyclic) bond motifs is 2. The van der Waals surface area contributed by atoms with Gasteiger partial charge in [0.05, 0.1) is 10.6 Å². The number of benzene rings is 1. The molecule has 1 N–H and O–H groups in total. The second-order valence-corrected chi connectivity index (χ2v) is 7.90. The maximum absolute atomic E-state index is 12.5. The van der Waals surface area contributed by atoms with Crippen LogP contribution < -0.4 is 4.72 Å². The van der Waals surface area contributed by atoms with Gasteiger partial charge in [0.2, 0.25) is 10.0 Å². The standard InChI is InChI=1S/C18H19N3O2S/c22-24(23,17-8-7-14-4-3-5-15(14)12-17)19-10-9-16-13-21-11-2-1-6-18(21)20-16/h1-2,6-8,11-13,19H,3-5,9-10H2. The number of rotatable bonds is 5. The van der Waals surface area contributed by atoms with Crippen LogP contribution in [0.5, 0.6) is 0 Å². The zero-order valence-electron chi connectivity index (χ0n) is 13.3. The van der Waals surface area contributed by atoms with Gasteiger partial charge in [0, 0.05) is 25.4 Å². The van der Waals surface area contributed by atoms with E-state index >= 15 is 0 Å². The predicted molar refractivity (Wildman–Crippen MR) is 92.6 cm³/mol. The number of pyridine rings is 1. The number of aryl methyl sites for hydroxylation is 2. The van der Waals surface area contributed by atoms with Crippen molar-refractivity contribution in [3.05, 3.63) is 65.6 Å². The van der Waals surface area contributed by atoms with Gasteiger partial charge in [-0.05, 0) is 54.7 Å². The van der Waals surface area contributed by atoms with Crippen LogP contribution in [-0.4, -0.2) is 24.3 Å². The van der Waals surface area contributed by atoms with Crippen LogP contribution >= 0.6 is 0 Å². The highest BCUT2D eigenvalue weighted by Gasteiger charge is 2.18. The Hall–Kier alpha value is -2.18. The summed E-state index contributed by atoms with van der Waals surface area (Å²) in [6.45, 7) is 0.337.